The van der Waals surface area contributed by atoms with Crippen molar-refractivity contribution in [3.63, 3.8) is 0 Å². The fourth-order valence-electron chi connectivity index (χ4n) is 1.96. The van der Waals surface area contributed by atoms with Gasteiger partial charge in [-0.05, 0) is 19.3 Å². The van der Waals surface area contributed by atoms with E-state index in [1.165, 1.54) is 0 Å². The second kappa shape index (κ2) is 5.71. The van der Waals surface area contributed by atoms with Gasteiger partial charge in [0.1, 0.15) is 5.82 Å². The molecule has 18 heavy (non-hydrogen) atoms. The Kier molecular flexibility index (Phi) is 4.02. The predicted octanol–water partition coefficient (Wildman–Crippen LogP) is 2.13. The molecule has 0 spiro atoms. The Morgan fingerprint density at radius 2 is 1.83 bits per heavy atom. The van der Waals surface area contributed by atoms with Gasteiger partial charge in [0.05, 0.1) is 11.4 Å². The van der Waals surface area contributed by atoms with Crippen molar-refractivity contribution in [1.29, 1.82) is 0 Å². The second-order valence-corrected chi connectivity index (χ2v) is 4.18. The zero-order valence-corrected chi connectivity index (χ0v) is 11.2. The zero-order valence-electron chi connectivity index (χ0n) is 11.2. The van der Waals surface area contributed by atoms with Crippen molar-refractivity contribution in [3.8, 4) is 5.95 Å². The summed E-state index contributed by atoms with van der Waals surface area (Å²) in [7, 11) is 0. The lowest BCUT2D eigenvalue weighted by molar-refractivity contribution is 0.733. The van der Waals surface area contributed by atoms with E-state index in [1.54, 1.807) is 6.20 Å². The van der Waals surface area contributed by atoms with Crippen LogP contribution in [0.3, 0.4) is 0 Å². The summed E-state index contributed by atoms with van der Waals surface area (Å²) in [6.45, 7) is 6.30. The van der Waals surface area contributed by atoms with E-state index in [-0.39, 0.29) is 0 Å². The van der Waals surface area contributed by atoms with E-state index >= 15 is 0 Å². The number of nitrogens with zero attached hydrogens (tertiary/aromatic N) is 5. The molecule has 2 aromatic heterocycles. The SMILES string of the molecule is CCCc1nccn1-c1nnc(CC)c(CC)n1. The van der Waals surface area contributed by atoms with Crippen molar-refractivity contribution in [2.24, 2.45) is 0 Å². The van der Waals surface area contributed by atoms with Gasteiger partial charge < -0.3 is 0 Å². The third kappa shape index (κ3) is 2.39. The molecular weight excluding hydrogens is 226 g/mol. The van der Waals surface area contributed by atoms with E-state index in [2.05, 4.69) is 40.9 Å². The van der Waals surface area contributed by atoms with Crippen LogP contribution in [0.15, 0.2) is 12.4 Å². The molecule has 2 aromatic rings. The zero-order chi connectivity index (χ0) is 13.0. The monoisotopic (exact) mass is 245 g/mol. The summed E-state index contributed by atoms with van der Waals surface area (Å²) in [5.41, 5.74) is 2.01. The minimum absolute atomic E-state index is 0.630. The number of imidazole rings is 1. The van der Waals surface area contributed by atoms with Crippen LogP contribution in [-0.2, 0) is 19.3 Å². The van der Waals surface area contributed by atoms with Gasteiger partial charge in [-0.2, -0.15) is 0 Å². The average molecular weight is 245 g/mol. The smallest absolute Gasteiger partial charge is 0.255 e. The fraction of sp³-hybridized carbons (Fsp3) is 0.538. The Morgan fingerprint density at radius 3 is 2.50 bits per heavy atom. The van der Waals surface area contributed by atoms with E-state index in [9.17, 15) is 0 Å². The molecule has 0 radical (unpaired) electrons. The van der Waals surface area contributed by atoms with E-state index in [1.807, 2.05) is 10.8 Å². The molecular formula is C13H19N5. The van der Waals surface area contributed by atoms with E-state index in [4.69, 9.17) is 0 Å². The number of rotatable bonds is 5. The first-order chi connectivity index (χ1) is 8.80. The summed E-state index contributed by atoms with van der Waals surface area (Å²) < 4.78 is 1.93. The Balaban J connectivity index is 2.41. The topological polar surface area (TPSA) is 56.5 Å². The van der Waals surface area contributed by atoms with Crippen LogP contribution >= 0.6 is 0 Å². The van der Waals surface area contributed by atoms with Gasteiger partial charge in [0.25, 0.3) is 5.95 Å². The maximum Gasteiger partial charge on any atom is 0.255 e. The number of hydrogen-bond donors (Lipinski definition) is 0. The molecule has 0 saturated carbocycles. The van der Waals surface area contributed by atoms with Crippen LogP contribution in [0.5, 0.6) is 0 Å². The van der Waals surface area contributed by atoms with Crippen LogP contribution in [0.4, 0.5) is 0 Å². The van der Waals surface area contributed by atoms with E-state index in [0.717, 1.165) is 42.9 Å². The summed E-state index contributed by atoms with van der Waals surface area (Å²) in [6, 6.07) is 0. The predicted molar refractivity (Wildman–Crippen MR) is 69.7 cm³/mol. The first-order valence-electron chi connectivity index (χ1n) is 6.55. The minimum Gasteiger partial charge on any atom is -0.270 e. The summed E-state index contributed by atoms with van der Waals surface area (Å²) in [5, 5.41) is 8.47. The Hall–Kier alpha value is -1.78. The quantitative estimate of drug-likeness (QED) is 0.809. The van der Waals surface area contributed by atoms with Gasteiger partial charge in [0.15, 0.2) is 0 Å². The molecule has 0 fully saturated rings. The highest BCUT2D eigenvalue weighted by Gasteiger charge is 2.10. The van der Waals surface area contributed by atoms with Gasteiger partial charge in [-0.25, -0.2) is 9.97 Å². The van der Waals surface area contributed by atoms with Crippen molar-refractivity contribution in [1.82, 2.24) is 24.7 Å². The summed E-state index contributed by atoms with van der Waals surface area (Å²) in [6.07, 6.45) is 7.41. The van der Waals surface area contributed by atoms with Gasteiger partial charge in [-0.15, -0.1) is 10.2 Å². The van der Waals surface area contributed by atoms with Crippen LogP contribution < -0.4 is 0 Å². The van der Waals surface area contributed by atoms with Crippen molar-refractivity contribution < 1.29 is 0 Å². The van der Waals surface area contributed by atoms with Crippen molar-refractivity contribution in [2.75, 3.05) is 0 Å². The molecule has 2 heterocycles. The van der Waals surface area contributed by atoms with Crippen LogP contribution in [0, 0.1) is 0 Å². The standard InChI is InChI=1S/C13H19N5/c1-4-7-12-14-8-9-18(12)13-15-10(5-2)11(6-3)16-17-13/h8-9H,4-7H2,1-3H3. The first-order valence-corrected chi connectivity index (χ1v) is 6.55. The number of hydrogen-bond acceptors (Lipinski definition) is 4. The largest absolute Gasteiger partial charge is 0.270 e. The Morgan fingerprint density at radius 1 is 1.06 bits per heavy atom. The second-order valence-electron chi connectivity index (χ2n) is 4.18. The molecule has 2 rings (SSSR count). The van der Waals surface area contributed by atoms with Crippen LogP contribution in [0.25, 0.3) is 5.95 Å². The van der Waals surface area contributed by atoms with Gasteiger partial charge >= 0.3 is 0 Å². The van der Waals surface area contributed by atoms with Gasteiger partial charge in [-0.3, -0.25) is 4.57 Å². The Labute approximate surface area is 107 Å². The summed E-state index contributed by atoms with van der Waals surface area (Å²) in [5.74, 6) is 1.62. The molecule has 0 amide bonds. The molecule has 0 atom stereocenters. The molecule has 5 nitrogen and oxygen atoms in total. The third-order valence-corrected chi connectivity index (χ3v) is 2.90. The Bertz CT molecular complexity index is 518. The van der Waals surface area contributed by atoms with Gasteiger partial charge in [0, 0.05) is 18.8 Å². The van der Waals surface area contributed by atoms with Crippen LogP contribution in [0.1, 0.15) is 44.4 Å². The molecule has 0 saturated heterocycles. The molecule has 0 bridgehead atoms. The van der Waals surface area contributed by atoms with Crippen molar-refractivity contribution >= 4 is 0 Å². The van der Waals surface area contributed by atoms with Gasteiger partial charge in [0.2, 0.25) is 0 Å². The minimum atomic E-state index is 0.630. The van der Waals surface area contributed by atoms with E-state index < -0.39 is 0 Å². The van der Waals surface area contributed by atoms with E-state index in [0.29, 0.717) is 5.95 Å². The van der Waals surface area contributed by atoms with Crippen molar-refractivity contribution in [2.45, 2.75) is 46.5 Å². The highest BCUT2D eigenvalue weighted by atomic mass is 15.3. The molecule has 0 aliphatic carbocycles. The third-order valence-electron chi connectivity index (χ3n) is 2.90. The van der Waals surface area contributed by atoms with Crippen LogP contribution in [-0.4, -0.2) is 24.7 Å². The maximum atomic E-state index is 4.60. The highest BCUT2D eigenvalue weighted by Crippen LogP contribution is 2.10. The van der Waals surface area contributed by atoms with Crippen LogP contribution in [0.2, 0.25) is 0 Å². The average Bonchev–Trinajstić information content (AvgIpc) is 2.86. The lowest BCUT2D eigenvalue weighted by Crippen LogP contribution is -2.11. The molecule has 0 aliphatic heterocycles. The molecule has 0 aromatic carbocycles. The molecule has 0 N–H and O–H groups in total. The van der Waals surface area contributed by atoms with Gasteiger partial charge in [-0.1, -0.05) is 20.8 Å². The lowest BCUT2D eigenvalue weighted by atomic mass is 10.2. The highest BCUT2D eigenvalue weighted by molar-refractivity contribution is 5.19. The molecule has 5 heteroatoms. The molecule has 0 aliphatic rings. The summed E-state index contributed by atoms with van der Waals surface area (Å²) >= 11 is 0. The maximum absolute atomic E-state index is 4.60. The number of aryl methyl sites for hydroxylation is 3. The number of aromatic nitrogens is 5. The molecule has 96 valence electrons. The van der Waals surface area contributed by atoms with Crippen molar-refractivity contribution in [3.05, 3.63) is 29.6 Å². The lowest BCUT2D eigenvalue weighted by Gasteiger charge is -2.08. The molecule has 0 unspecified atom stereocenters. The first kappa shape index (κ1) is 12.7. The summed E-state index contributed by atoms with van der Waals surface area (Å²) in [4.78, 5) is 8.93. The normalized spacial score (nSPS) is 10.8. The fourth-order valence-corrected chi connectivity index (χ4v) is 1.96.